The molecule has 0 saturated carbocycles. The first kappa shape index (κ1) is 16.2. The van der Waals surface area contributed by atoms with Crippen LogP contribution in [0, 0.1) is 17.7 Å². The Morgan fingerprint density at radius 2 is 2.20 bits per heavy atom. The number of benzene rings is 1. The summed E-state index contributed by atoms with van der Waals surface area (Å²) < 4.78 is 13.2. The molecule has 0 aromatic heterocycles. The van der Waals surface area contributed by atoms with E-state index in [4.69, 9.17) is 5.11 Å². The Balaban J connectivity index is 2.74. The second kappa shape index (κ2) is 9.11. The lowest BCUT2D eigenvalue weighted by Crippen LogP contribution is -2.12. The van der Waals surface area contributed by atoms with E-state index < -0.39 is 5.82 Å². The second-order valence-corrected chi connectivity index (χ2v) is 4.47. The fraction of sp³-hybridized carbons (Fsp3) is 0.438. The number of nitrogens with one attached hydrogen (secondary N) is 1. The molecule has 0 aliphatic carbocycles. The molecule has 0 spiro atoms. The van der Waals surface area contributed by atoms with Gasteiger partial charge in [-0.25, -0.2) is 4.39 Å². The third-order valence-corrected chi connectivity index (χ3v) is 2.72. The minimum absolute atomic E-state index is 0.0406. The highest BCUT2D eigenvalue weighted by atomic mass is 19.1. The Morgan fingerprint density at radius 3 is 2.90 bits per heavy atom. The molecule has 4 heteroatoms. The summed E-state index contributed by atoms with van der Waals surface area (Å²) in [5.74, 6) is 5.00. The molecule has 2 N–H and O–H groups in total. The van der Waals surface area contributed by atoms with Crippen molar-refractivity contribution in [2.75, 3.05) is 11.9 Å². The summed E-state index contributed by atoms with van der Waals surface area (Å²) in [5, 5.41) is 11.4. The first-order valence-electron chi connectivity index (χ1n) is 6.86. The van der Waals surface area contributed by atoms with Gasteiger partial charge in [-0.3, -0.25) is 4.79 Å². The Kier molecular flexibility index (Phi) is 7.38. The van der Waals surface area contributed by atoms with Crippen molar-refractivity contribution in [1.29, 1.82) is 0 Å². The maximum Gasteiger partial charge on any atom is 0.224 e. The molecule has 0 aliphatic heterocycles. The summed E-state index contributed by atoms with van der Waals surface area (Å²) in [7, 11) is 0. The van der Waals surface area contributed by atoms with Gasteiger partial charge in [0.15, 0.2) is 0 Å². The third kappa shape index (κ3) is 5.85. The van der Waals surface area contributed by atoms with Crippen molar-refractivity contribution in [2.45, 2.75) is 39.0 Å². The molecule has 1 aromatic carbocycles. The number of hydrogen-bond donors (Lipinski definition) is 2. The number of rotatable bonds is 6. The minimum atomic E-state index is -0.401. The van der Waals surface area contributed by atoms with Crippen LogP contribution in [0.3, 0.4) is 0 Å². The summed E-state index contributed by atoms with van der Waals surface area (Å²) in [6.45, 7) is 2.04. The lowest BCUT2D eigenvalue weighted by molar-refractivity contribution is -0.116. The molecule has 1 rings (SSSR count). The van der Waals surface area contributed by atoms with Crippen LogP contribution in [0.4, 0.5) is 10.1 Å². The smallest absolute Gasteiger partial charge is 0.224 e. The average Bonchev–Trinajstić information content (AvgIpc) is 2.42. The zero-order valence-electron chi connectivity index (χ0n) is 11.7. The fourth-order valence-electron chi connectivity index (χ4n) is 1.69. The predicted octanol–water partition coefficient (Wildman–Crippen LogP) is 3.08. The van der Waals surface area contributed by atoms with Crippen LogP contribution in [-0.2, 0) is 4.79 Å². The van der Waals surface area contributed by atoms with Crippen LogP contribution in [0.1, 0.15) is 44.6 Å². The lowest BCUT2D eigenvalue weighted by atomic mass is 10.1. The number of aliphatic hydroxyl groups is 1. The molecule has 1 aromatic rings. The van der Waals surface area contributed by atoms with Gasteiger partial charge in [0.05, 0.1) is 17.9 Å². The molecule has 1 amide bonds. The molecule has 3 nitrogen and oxygen atoms in total. The molecule has 0 aliphatic rings. The third-order valence-electron chi connectivity index (χ3n) is 2.72. The van der Waals surface area contributed by atoms with Crippen molar-refractivity contribution in [2.24, 2.45) is 0 Å². The summed E-state index contributed by atoms with van der Waals surface area (Å²) >= 11 is 0. The fourth-order valence-corrected chi connectivity index (χ4v) is 1.69. The van der Waals surface area contributed by atoms with E-state index in [0.29, 0.717) is 24.1 Å². The van der Waals surface area contributed by atoms with Gasteiger partial charge in [-0.05, 0) is 24.6 Å². The van der Waals surface area contributed by atoms with E-state index in [-0.39, 0.29) is 12.5 Å². The SMILES string of the molecule is CCCCCC(=O)Nc1ccc(F)cc1C#CCCO. The van der Waals surface area contributed by atoms with Gasteiger partial charge in [0.25, 0.3) is 0 Å². The van der Waals surface area contributed by atoms with Crippen molar-refractivity contribution in [3.8, 4) is 11.8 Å². The van der Waals surface area contributed by atoms with Gasteiger partial charge < -0.3 is 10.4 Å². The van der Waals surface area contributed by atoms with Gasteiger partial charge in [0, 0.05) is 12.8 Å². The van der Waals surface area contributed by atoms with Gasteiger partial charge in [-0.1, -0.05) is 31.6 Å². The van der Waals surface area contributed by atoms with Crippen LogP contribution < -0.4 is 5.32 Å². The molecule has 0 bridgehead atoms. The van der Waals surface area contributed by atoms with Crippen molar-refractivity contribution in [1.82, 2.24) is 0 Å². The second-order valence-electron chi connectivity index (χ2n) is 4.47. The number of unbranched alkanes of at least 4 members (excludes halogenated alkanes) is 2. The van der Waals surface area contributed by atoms with Crippen molar-refractivity contribution >= 4 is 11.6 Å². The minimum Gasteiger partial charge on any atom is -0.395 e. The first-order valence-corrected chi connectivity index (χ1v) is 6.86. The first-order chi connectivity index (χ1) is 9.67. The number of carbonyl (C=O) groups excluding carboxylic acids is 1. The zero-order valence-corrected chi connectivity index (χ0v) is 11.7. The van der Waals surface area contributed by atoms with Crippen molar-refractivity contribution in [3.05, 3.63) is 29.6 Å². The van der Waals surface area contributed by atoms with E-state index >= 15 is 0 Å². The number of aliphatic hydroxyl groups excluding tert-OH is 1. The quantitative estimate of drug-likeness (QED) is 0.620. The van der Waals surface area contributed by atoms with Crippen LogP contribution in [0.15, 0.2) is 18.2 Å². The highest BCUT2D eigenvalue weighted by Crippen LogP contribution is 2.16. The van der Waals surface area contributed by atoms with Crippen LogP contribution in [0.2, 0.25) is 0 Å². The Labute approximate surface area is 119 Å². The molecule has 0 unspecified atom stereocenters. The Bertz CT molecular complexity index is 503. The summed E-state index contributed by atoms with van der Waals surface area (Å²) in [6.07, 6.45) is 3.69. The molecule has 108 valence electrons. The molecule has 0 heterocycles. The van der Waals surface area contributed by atoms with E-state index in [0.717, 1.165) is 19.3 Å². The number of hydrogen-bond acceptors (Lipinski definition) is 2. The highest BCUT2D eigenvalue weighted by molar-refractivity contribution is 5.92. The van der Waals surface area contributed by atoms with Crippen LogP contribution in [-0.4, -0.2) is 17.6 Å². The Hall–Kier alpha value is -1.86. The van der Waals surface area contributed by atoms with Gasteiger partial charge >= 0.3 is 0 Å². The average molecular weight is 277 g/mol. The Morgan fingerprint density at radius 1 is 1.40 bits per heavy atom. The molecule has 20 heavy (non-hydrogen) atoms. The molecule has 0 fully saturated rings. The van der Waals surface area contributed by atoms with Crippen LogP contribution in [0.25, 0.3) is 0 Å². The number of anilines is 1. The zero-order chi connectivity index (χ0) is 14.8. The highest BCUT2D eigenvalue weighted by Gasteiger charge is 2.06. The maximum absolute atomic E-state index is 13.2. The van der Waals surface area contributed by atoms with E-state index in [1.807, 2.05) is 0 Å². The van der Waals surface area contributed by atoms with E-state index in [9.17, 15) is 9.18 Å². The van der Waals surface area contributed by atoms with Crippen molar-refractivity contribution < 1.29 is 14.3 Å². The van der Waals surface area contributed by atoms with E-state index in [2.05, 4.69) is 24.1 Å². The predicted molar refractivity (Wildman–Crippen MR) is 77.8 cm³/mol. The number of amides is 1. The van der Waals surface area contributed by atoms with E-state index in [1.54, 1.807) is 0 Å². The standard InChI is InChI=1S/C16H20FNO2/c1-2-3-4-8-16(20)18-15-10-9-14(17)12-13(15)7-5-6-11-19/h9-10,12,19H,2-4,6,8,11H2,1H3,(H,18,20). The summed E-state index contributed by atoms with van der Waals surface area (Å²) in [5.41, 5.74) is 0.945. The van der Waals surface area contributed by atoms with Gasteiger partial charge in [-0.2, -0.15) is 0 Å². The van der Waals surface area contributed by atoms with Gasteiger partial charge in [-0.15, -0.1) is 0 Å². The largest absolute Gasteiger partial charge is 0.395 e. The summed E-state index contributed by atoms with van der Waals surface area (Å²) in [6, 6.07) is 4.08. The molecule has 0 saturated heterocycles. The molecular weight excluding hydrogens is 257 g/mol. The van der Waals surface area contributed by atoms with Gasteiger partial charge in [0.2, 0.25) is 5.91 Å². The molecule has 0 atom stereocenters. The normalized spacial score (nSPS) is 9.75. The van der Waals surface area contributed by atoms with Crippen LogP contribution >= 0.6 is 0 Å². The van der Waals surface area contributed by atoms with Gasteiger partial charge in [0.1, 0.15) is 5.82 Å². The summed E-state index contributed by atoms with van der Waals surface area (Å²) in [4.78, 5) is 11.8. The number of carbonyl (C=O) groups is 1. The monoisotopic (exact) mass is 277 g/mol. The molecule has 0 radical (unpaired) electrons. The molecular formula is C16H20FNO2. The number of halogens is 1. The lowest BCUT2D eigenvalue weighted by Gasteiger charge is -2.07. The van der Waals surface area contributed by atoms with E-state index in [1.165, 1.54) is 18.2 Å². The van der Waals surface area contributed by atoms with Crippen molar-refractivity contribution in [3.63, 3.8) is 0 Å². The van der Waals surface area contributed by atoms with Crippen LogP contribution in [0.5, 0.6) is 0 Å². The topological polar surface area (TPSA) is 49.3 Å². The maximum atomic E-state index is 13.2.